The van der Waals surface area contributed by atoms with Gasteiger partial charge >= 0.3 is 23.1 Å². The molecule has 0 aliphatic rings. The summed E-state index contributed by atoms with van der Waals surface area (Å²) in [7, 11) is 10.6. The first-order valence-corrected chi connectivity index (χ1v) is 29.0. The van der Waals surface area contributed by atoms with Gasteiger partial charge in [0, 0.05) is 79.4 Å². The van der Waals surface area contributed by atoms with Crippen molar-refractivity contribution < 1.29 is 0 Å². The molecule has 0 aliphatic heterocycles. The first-order chi connectivity index (χ1) is 26.7. The molecule has 59 heavy (non-hydrogen) atoms. The average Bonchev–Trinajstić information content (AvgIpc) is 3.02. The van der Waals surface area contributed by atoms with E-state index in [4.69, 9.17) is 97.5 Å². The van der Waals surface area contributed by atoms with E-state index in [2.05, 4.69) is 101 Å². The van der Waals surface area contributed by atoms with Crippen LogP contribution >= 0.6 is 92.8 Å². The van der Waals surface area contributed by atoms with Gasteiger partial charge in [0.1, 0.15) is 6.15 Å². The van der Waals surface area contributed by atoms with Crippen LogP contribution in [0, 0.1) is 0 Å². The van der Waals surface area contributed by atoms with Crippen LogP contribution < -0.4 is 21.9 Å². The Morgan fingerprint density at radius 2 is 0.559 bits per heavy atom. The Labute approximate surface area is 414 Å². The normalized spacial score (nSPS) is 12.0. The van der Waals surface area contributed by atoms with E-state index in [0.717, 1.165) is 61.1 Å². The van der Waals surface area contributed by atoms with Crippen LogP contribution in [0.15, 0.2) is 72.8 Å². The van der Waals surface area contributed by atoms with E-state index < -0.39 is 22.6 Å². The summed E-state index contributed by atoms with van der Waals surface area (Å²) >= 11 is 51.8. The predicted octanol–water partition coefficient (Wildman–Crippen LogP) is 10.9. The fourth-order valence-electron chi connectivity index (χ4n) is 6.82. The van der Waals surface area contributed by atoms with Crippen molar-refractivity contribution in [3.05, 3.63) is 118 Å². The third-order valence-electron chi connectivity index (χ3n) is 8.80. The second kappa shape index (κ2) is 26.3. The zero-order valence-corrected chi connectivity index (χ0v) is 46.2. The minimum absolute atomic E-state index is 0. The number of halogens is 8. The van der Waals surface area contributed by atoms with Gasteiger partial charge in [0.25, 0.3) is 0 Å². The Hall–Kier alpha value is 0.265. The minimum atomic E-state index is -2.04. The van der Waals surface area contributed by atoms with Gasteiger partial charge in [-0.15, -0.1) is 0 Å². The summed E-state index contributed by atoms with van der Waals surface area (Å²) in [4.78, 5) is 9.29. The summed E-state index contributed by atoms with van der Waals surface area (Å²) in [5.41, 5.74) is 3.12. The van der Waals surface area contributed by atoms with Crippen LogP contribution in [-0.2, 0) is 0 Å². The van der Waals surface area contributed by atoms with Gasteiger partial charge in [0.15, 0.2) is 0 Å². The second-order valence-electron chi connectivity index (χ2n) is 17.4. The van der Waals surface area contributed by atoms with E-state index in [1.54, 1.807) is 24.3 Å². The molecule has 4 aromatic rings. The number of rotatable bonds is 15. The first kappa shape index (κ1) is 57.3. The number of benzene rings is 4. The van der Waals surface area contributed by atoms with Crippen LogP contribution in [0.5, 0.6) is 0 Å². The monoisotopic (exact) mass is 1010 g/mol. The molecular weight excluding hydrogens is 949 g/mol. The molecule has 0 radical (unpaired) electrons. The molecule has 4 aromatic carbocycles. The molecule has 0 atom stereocenters. The number of hydrogen-bond acceptors (Lipinski definition) is 4. The zero-order valence-electron chi connectivity index (χ0n) is 36.7. The molecule has 0 fully saturated rings. The maximum absolute atomic E-state index is 6.48. The average molecular weight is 1010 g/mol. The van der Waals surface area contributed by atoms with Crippen LogP contribution in [0.25, 0.3) is 4.65 Å². The quantitative estimate of drug-likeness (QED) is 0.111. The molecule has 0 N–H and O–H groups in total. The third kappa shape index (κ3) is 21.2. The van der Waals surface area contributed by atoms with Crippen molar-refractivity contribution in [1.29, 1.82) is 0 Å². The number of likely N-dealkylation sites (N-methyl/N-ethyl adjacent to an activating group) is 3. The molecule has 0 aromatic heterocycles. The van der Waals surface area contributed by atoms with Gasteiger partial charge in [-0.1, -0.05) is 197 Å². The second-order valence-corrected chi connectivity index (χ2v) is 30.5. The predicted molar refractivity (Wildman–Crippen MR) is 278 cm³/mol. The smallest absolute Gasteiger partial charge is 0.668 e. The molecule has 17 heteroatoms. The molecule has 0 heterocycles. The van der Waals surface area contributed by atoms with E-state index >= 15 is 0 Å². The SMILES string of the molecule is CN(C)CCN(CCN(C)C)CCN(C)C.C[Si](C)(C)[N-][Si](C)(C)C.Clc1cc(Cl)cc([B-](c2cc(Cl)cc(Cl)c2)(c2cc(Cl)cc(Cl)c2)c2cc(Cl)cc(Cl)c2)c1.[Mg+2]. The van der Waals surface area contributed by atoms with Gasteiger partial charge in [0.2, 0.25) is 0 Å². The van der Waals surface area contributed by atoms with Crippen LogP contribution in [0.4, 0.5) is 0 Å². The van der Waals surface area contributed by atoms with Crippen LogP contribution in [0.1, 0.15) is 0 Å². The van der Waals surface area contributed by atoms with E-state index in [9.17, 15) is 0 Å². The molecule has 0 spiro atoms. The van der Waals surface area contributed by atoms with Crippen LogP contribution in [0.2, 0.25) is 79.5 Å². The molecule has 4 rings (SSSR count). The molecule has 0 unspecified atom stereocenters. The van der Waals surface area contributed by atoms with Crippen molar-refractivity contribution >= 4 is 160 Å². The van der Waals surface area contributed by atoms with Crippen molar-refractivity contribution in [2.45, 2.75) is 39.3 Å². The topological polar surface area (TPSA) is 27.1 Å². The van der Waals surface area contributed by atoms with Gasteiger partial charge in [0.05, 0.1) is 0 Å². The van der Waals surface area contributed by atoms with E-state index in [1.165, 1.54) is 0 Å². The molecule has 0 saturated heterocycles. The minimum Gasteiger partial charge on any atom is -0.668 e. The Morgan fingerprint density at radius 3 is 0.695 bits per heavy atom. The molecule has 322 valence electrons. The molecule has 0 bridgehead atoms. The van der Waals surface area contributed by atoms with Gasteiger partial charge in [-0.05, 0) is 66.6 Å². The first-order valence-electron chi connectivity index (χ1n) is 19.1. The van der Waals surface area contributed by atoms with Crippen LogP contribution in [-0.4, -0.2) is 147 Å². The summed E-state index contributed by atoms with van der Waals surface area (Å²) in [5.74, 6) is 0. The van der Waals surface area contributed by atoms with Crippen molar-refractivity contribution in [3.8, 4) is 0 Å². The standard InChI is InChI=1S/C24H12BCl8.C12H30N4.C6H18NSi2.Mg/c26-17-1-13(2-18(27)9-17)25(14-3-19(28)10-20(29)4-14,15-5-21(30)11-22(31)6-15)16-7-23(32)12-24(33)8-16;1-13(2)7-10-16(11-8-14(3)4)12-9-15(5)6;1-8(2,3)7-9(4,5)6;/h1-12H;7-12H2,1-6H3;1-6H3;/q-1;;-1;+2. The Morgan fingerprint density at radius 1 is 0.373 bits per heavy atom. The van der Waals surface area contributed by atoms with Gasteiger partial charge in [-0.25, -0.2) is 0 Å². The number of nitrogens with zero attached hydrogens (tertiary/aromatic N) is 5. The molecule has 0 saturated carbocycles. The summed E-state index contributed by atoms with van der Waals surface area (Å²) in [6.45, 7) is 20.7. The summed E-state index contributed by atoms with van der Waals surface area (Å²) in [5, 5.41) is 3.65. The van der Waals surface area contributed by atoms with Gasteiger partial charge in [-0.3, -0.25) is 4.90 Å². The fraction of sp³-hybridized carbons (Fsp3) is 0.429. The van der Waals surface area contributed by atoms with Crippen molar-refractivity contribution in [3.63, 3.8) is 0 Å². The molecule has 5 nitrogen and oxygen atoms in total. The van der Waals surface area contributed by atoms with Gasteiger partial charge in [-0.2, -0.15) is 21.9 Å². The third-order valence-corrected chi connectivity index (χ3v) is 15.9. The Bertz CT molecular complexity index is 1580. The molecular formula is C42H60BCl8MgN5Si2. The van der Waals surface area contributed by atoms with E-state index in [-0.39, 0.29) is 23.1 Å². The summed E-state index contributed by atoms with van der Waals surface area (Å²) in [6, 6.07) is 21.4. The number of hydrogen-bond donors (Lipinski definition) is 0. The molecule has 0 aliphatic carbocycles. The van der Waals surface area contributed by atoms with Crippen LogP contribution in [0.3, 0.4) is 0 Å². The molecule has 0 amide bonds. The zero-order chi connectivity index (χ0) is 44.2. The van der Waals surface area contributed by atoms with E-state index in [1.807, 2.05) is 48.5 Å². The largest absolute Gasteiger partial charge is 2.00 e. The summed E-state index contributed by atoms with van der Waals surface area (Å²) in [6.07, 6.45) is -2.04. The summed E-state index contributed by atoms with van der Waals surface area (Å²) < 4.78 is 4.82. The maximum Gasteiger partial charge on any atom is 2.00 e. The maximum atomic E-state index is 6.48. The van der Waals surface area contributed by atoms with E-state index in [0.29, 0.717) is 40.2 Å². The Balaban J connectivity index is 0.000000559. The van der Waals surface area contributed by atoms with Crippen molar-refractivity contribution in [1.82, 2.24) is 19.6 Å². The van der Waals surface area contributed by atoms with Gasteiger partial charge < -0.3 is 19.3 Å². The Kier molecular flexibility index (Phi) is 25.5. The fourth-order valence-corrected chi connectivity index (χ4v) is 17.0. The van der Waals surface area contributed by atoms with Crippen molar-refractivity contribution in [2.24, 2.45) is 0 Å². The van der Waals surface area contributed by atoms with Crippen molar-refractivity contribution in [2.75, 3.05) is 81.6 Å².